The highest BCUT2D eigenvalue weighted by atomic mass is 16.2. The third-order valence-electron chi connectivity index (χ3n) is 4.47. The number of nitrogens with one attached hydrogen (secondary N) is 1. The lowest BCUT2D eigenvalue weighted by molar-refractivity contribution is 0.146. The zero-order valence-electron chi connectivity index (χ0n) is 13.2. The van der Waals surface area contributed by atoms with E-state index in [1.807, 2.05) is 41.3 Å². The van der Waals surface area contributed by atoms with E-state index in [0.717, 1.165) is 37.1 Å². The van der Waals surface area contributed by atoms with Crippen molar-refractivity contribution in [2.75, 3.05) is 13.1 Å². The number of carbonyl (C=O) groups is 1. The van der Waals surface area contributed by atoms with E-state index in [-0.39, 0.29) is 18.1 Å². The molecule has 1 heterocycles. The third-order valence-corrected chi connectivity index (χ3v) is 4.47. The minimum atomic E-state index is -0.352. The largest absolute Gasteiger partial charge is 0.351 e. The number of primary amides is 1. The minimum absolute atomic E-state index is 0.141. The number of nitrogens with zero attached hydrogens (tertiary/aromatic N) is 1. The van der Waals surface area contributed by atoms with Crippen LogP contribution in [-0.2, 0) is 0 Å². The maximum atomic E-state index is 12.3. The molecule has 0 radical (unpaired) electrons. The van der Waals surface area contributed by atoms with Crippen LogP contribution in [0.3, 0.4) is 0 Å². The molecular formula is C19H23N3O. The predicted molar refractivity (Wildman–Crippen MR) is 92.0 cm³/mol. The third kappa shape index (κ3) is 3.54. The Balaban J connectivity index is 2.03. The number of nitrogens with two attached hydrogens (primary N) is 1. The van der Waals surface area contributed by atoms with Gasteiger partial charge in [0.05, 0.1) is 6.04 Å². The number of piperidine rings is 1. The van der Waals surface area contributed by atoms with Gasteiger partial charge in [0.15, 0.2) is 0 Å². The second kappa shape index (κ2) is 7.29. The fourth-order valence-corrected chi connectivity index (χ4v) is 3.39. The van der Waals surface area contributed by atoms with Crippen LogP contribution in [0.25, 0.3) is 0 Å². The summed E-state index contributed by atoms with van der Waals surface area (Å²) in [5.41, 5.74) is 8.00. The van der Waals surface area contributed by atoms with Gasteiger partial charge in [-0.1, -0.05) is 60.7 Å². The van der Waals surface area contributed by atoms with E-state index in [0.29, 0.717) is 0 Å². The predicted octanol–water partition coefficient (Wildman–Crippen LogP) is 2.91. The second-order valence-electron chi connectivity index (χ2n) is 5.95. The van der Waals surface area contributed by atoms with Gasteiger partial charge in [0.25, 0.3) is 0 Å². The lowest BCUT2D eigenvalue weighted by atomic mass is 9.93. The van der Waals surface area contributed by atoms with Crippen molar-refractivity contribution in [3.8, 4) is 0 Å². The molecule has 2 aromatic carbocycles. The quantitative estimate of drug-likeness (QED) is 0.912. The Bertz CT molecular complexity index is 584. The second-order valence-corrected chi connectivity index (χ2v) is 5.95. The molecule has 1 saturated heterocycles. The summed E-state index contributed by atoms with van der Waals surface area (Å²) in [5, 5.41) is 3.35. The van der Waals surface area contributed by atoms with Gasteiger partial charge in [-0.3, -0.25) is 0 Å². The van der Waals surface area contributed by atoms with Gasteiger partial charge in [0.2, 0.25) is 0 Å². The molecule has 0 unspecified atom stereocenters. The first-order valence-electron chi connectivity index (χ1n) is 8.16. The molecule has 0 aliphatic carbocycles. The molecule has 0 aromatic heterocycles. The molecule has 3 N–H and O–H groups in total. The first-order valence-corrected chi connectivity index (χ1v) is 8.16. The first-order chi connectivity index (χ1) is 11.3. The molecule has 3 rings (SSSR count). The van der Waals surface area contributed by atoms with E-state index >= 15 is 0 Å². The number of hydrogen-bond acceptors (Lipinski definition) is 2. The SMILES string of the molecule is NC(=O)N(C1CCNCC1)C(c1ccccc1)c1ccccc1. The van der Waals surface area contributed by atoms with E-state index in [1.165, 1.54) is 0 Å². The lowest BCUT2D eigenvalue weighted by Gasteiger charge is -2.39. The van der Waals surface area contributed by atoms with Crippen molar-refractivity contribution in [1.29, 1.82) is 0 Å². The molecule has 4 nitrogen and oxygen atoms in total. The van der Waals surface area contributed by atoms with Gasteiger partial charge in [-0.05, 0) is 37.1 Å². The lowest BCUT2D eigenvalue weighted by Crippen LogP contribution is -2.50. The summed E-state index contributed by atoms with van der Waals surface area (Å²) < 4.78 is 0. The van der Waals surface area contributed by atoms with Gasteiger partial charge < -0.3 is 16.0 Å². The van der Waals surface area contributed by atoms with E-state index in [4.69, 9.17) is 5.73 Å². The van der Waals surface area contributed by atoms with Gasteiger partial charge in [-0.25, -0.2) is 4.79 Å². The molecule has 120 valence electrons. The highest BCUT2D eigenvalue weighted by Gasteiger charge is 2.32. The Hall–Kier alpha value is -2.33. The van der Waals surface area contributed by atoms with Crippen LogP contribution >= 0.6 is 0 Å². The monoisotopic (exact) mass is 309 g/mol. The van der Waals surface area contributed by atoms with Crippen molar-refractivity contribution in [1.82, 2.24) is 10.2 Å². The number of hydrogen-bond donors (Lipinski definition) is 2. The number of urea groups is 1. The maximum absolute atomic E-state index is 12.3. The first kappa shape index (κ1) is 15.6. The standard InChI is InChI=1S/C19H23N3O/c20-19(23)22(17-11-13-21-14-12-17)18(15-7-3-1-4-8-15)16-9-5-2-6-10-16/h1-10,17-18,21H,11-14H2,(H2,20,23). The van der Waals surface area contributed by atoms with Crippen molar-refractivity contribution < 1.29 is 4.79 Å². The molecule has 1 aliphatic heterocycles. The summed E-state index contributed by atoms with van der Waals surface area (Å²) in [7, 11) is 0. The Morgan fingerprint density at radius 3 is 1.87 bits per heavy atom. The number of benzene rings is 2. The van der Waals surface area contributed by atoms with Gasteiger partial charge in [0.1, 0.15) is 0 Å². The molecule has 0 spiro atoms. The Morgan fingerprint density at radius 2 is 1.43 bits per heavy atom. The maximum Gasteiger partial charge on any atom is 0.315 e. The number of amides is 2. The minimum Gasteiger partial charge on any atom is -0.351 e. The Kier molecular flexibility index (Phi) is 4.93. The van der Waals surface area contributed by atoms with Crippen molar-refractivity contribution >= 4 is 6.03 Å². The van der Waals surface area contributed by atoms with Crippen LogP contribution in [0, 0.1) is 0 Å². The number of rotatable bonds is 4. The normalized spacial score (nSPS) is 15.5. The number of carbonyl (C=O) groups excluding carboxylic acids is 1. The van der Waals surface area contributed by atoms with Crippen LogP contribution in [-0.4, -0.2) is 30.1 Å². The van der Waals surface area contributed by atoms with Crippen LogP contribution in [0.4, 0.5) is 4.79 Å². The van der Waals surface area contributed by atoms with Crippen LogP contribution in [0.5, 0.6) is 0 Å². The van der Waals surface area contributed by atoms with Crippen LogP contribution in [0.15, 0.2) is 60.7 Å². The summed E-state index contributed by atoms with van der Waals surface area (Å²) in [4.78, 5) is 14.2. The van der Waals surface area contributed by atoms with Crippen LogP contribution < -0.4 is 11.1 Å². The van der Waals surface area contributed by atoms with Gasteiger partial charge in [-0.2, -0.15) is 0 Å². The average Bonchev–Trinajstić information content (AvgIpc) is 2.61. The fourth-order valence-electron chi connectivity index (χ4n) is 3.39. The van der Waals surface area contributed by atoms with Crippen molar-refractivity contribution in [2.45, 2.75) is 24.9 Å². The topological polar surface area (TPSA) is 58.4 Å². The molecule has 0 bridgehead atoms. The van der Waals surface area contributed by atoms with Gasteiger partial charge in [0, 0.05) is 6.04 Å². The molecule has 1 fully saturated rings. The fraction of sp³-hybridized carbons (Fsp3) is 0.316. The van der Waals surface area contributed by atoms with Gasteiger partial charge >= 0.3 is 6.03 Å². The molecule has 0 atom stereocenters. The smallest absolute Gasteiger partial charge is 0.315 e. The molecule has 0 saturated carbocycles. The van der Waals surface area contributed by atoms with Gasteiger partial charge in [-0.15, -0.1) is 0 Å². The molecule has 4 heteroatoms. The molecule has 1 aliphatic rings. The molecule has 23 heavy (non-hydrogen) atoms. The molecule has 2 aromatic rings. The van der Waals surface area contributed by atoms with Crippen molar-refractivity contribution in [3.05, 3.63) is 71.8 Å². The highest BCUT2D eigenvalue weighted by Crippen LogP contribution is 2.32. The van der Waals surface area contributed by atoms with Crippen LogP contribution in [0.2, 0.25) is 0 Å². The average molecular weight is 309 g/mol. The Morgan fingerprint density at radius 1 is 0.957 bits per heavy atom. The Labute approximate surface area is 137 Å². The molecular weight excluding hydrogens is 286 g/mol. The van der Waals surface area contributed by atoms with Crippen molar-refractivity contribution in [3.63, 3.8) is 0 Å². The highest BCUT2D eigenvalue weighted by molar-refractivity contribution is 5.73. The van der Waals surface area contributed by atoms with E-state index in [1.54, 1.807) is 0 Å². The van der Waals surface area contributed by atoms with E-state index < -0.39 is 0 Å². The molecule has 2 amide bonds. The zero-order chi connectivity index (χ0) is 16.1. The van der Waals surface area contributed by atoms with E-state index in [9.17, 15) is 4.79 Å². The van der Waals surface area contributed by atoms with Crippen molar-refractivity contribution in [2.24, 2.45) is 5.73 Å². The summed E-state index contributed by atoms with van der Waals surface area (Å²) in [6.45, 7) is 1.84. The summed E-state index contributed by atoms with van der Waals surface area (Å²) >= 11 is 0. The summed E-state index contributed by atoms with van der Waals surface area (Å²) in [6, 6.07) is 19.9. The van der Waals surface area contributed by atoms with Crippen LogP contribution in [0.1, 0.15) is 30.0 Å². The van der Waals surface area contributed by atoms with E-state index in [2.05, 4.69) is 29.6 Å². The summed E-state index contributed by atoms with van der Waals surface area (Å²) in [5.74, 6) is 0. The zero-order valence-corrected chi connectivity index (χ0v) is 13.2. The summed E-state index contributed by atoms with van der Waals surface area (Å²) in [6.07, 6.45) is 1.86.